The summed E-state index contributed by atoms with van der Waals surface area (Å²) in [7, 11) is 1.52. The lowest BCUT2D eigenvalue weighted by Gasteiger charge is -2.36. The lowest BCUT2D eigenvalue weighted by molar-refractivity contribution is -0.137. The van der Waals surface area contributed by atoms with Crippen LogP contribution in [0.3, 0.4) is 0 Å². The van der Waals surface area contributed by atoms with E-state index < -0.39 is 0 Å². The number of methoxy groups -OCH3 is 1. The fourth-order valence-electron chi connectivity index (χ4n) is 2.80. The molecule has 3 rings (SSSR count). The maximum Gasteiger partial charge on any atom is 0.249 e. The van der Waals surface area contributed by atoms with E-state index in [-0.39, 0.29) is 24.4 Å². The molecule has 1 aromatic heterocycles. The number of hydrogen-bond donors (Lipinski definition) is 0. The van der Waals surface area contributed by atoms with Gasteiger partial charge in [0, 0.05) is 18.5 Å². The largest absolute Gasteiger partial charge is 0.375 e. The Morgan fingerprint density at radius 1 is 1.38 bits per heavy atom. The van der Waals surface area contributed by atoms with Gasteiger partial charge >= 0.3 is 0 Å². The van der Waals surface area contributed by atoms with Crippen LogP contribution in [0.15, 0.2) is 35.7 Å². The molecule has 110 valence electrons. The second-order valence-corrected chi connectivity index (χ2v) is 6.02. The number of halogens is 1. The van der Waals surface area contributed by atoms with E-state index in [0.717, 1.165) is 17.5 Å². The van der Waals surface area contributed by atoms with Crippen LogP contribution in [-0.4, -0.2) is 31.1 Å². The molecule has 21 heavy (non-hydrogen) atoms. The van der Waals surface area contributed by atoms with Crippen molar-refractivity contribution in [2.24, 2.45) is 0 Å². The second kappa shape index (κ2) is 5.95. The molecule has 0 N–H and O–H groups in total. The summed E-state index contributed by atoms with van der Waals surface area (Å²) in [5.74, 6) is -0.307. The van der Waals surface area contributed by atoms with E-state index in [1.165, 1.54) is 24.1 Å². The molecule has 0 fully saturated rings. The van der Waals surface area contributed by atoms with E-state index in [4.69, 9.17) is 4.74 Å². The van der Waals surface area contributed by atoms with E-state index in [9.17, 15) is 9.18 Å². The molecule has 3 nitrogen and oxygen atoms in total. The van der Waals surface area contributed by atoms with Crippen LogP contribution in [0, 0.1) is 5.82 Å². The van der Waals surface area contributed by atoms with E-state index >= 15 is 0 Å². The molecule has 0 aliphatic carbocycles. The number of carbonyl (C=O) groups excluding carboxylic acids is 1. The van der Waals surface area contributed by atoms with E-state index in [0.29, 0.717) is 6.54 Å². The van der Waals surface area contributed by atoms with Gasteiger partial charge in [-0.25, -0.2) is 4.39 Å². The van der Waals surface area contributed by atoms with Crippen molar-refractivity contribution in [1.82, 2.24) is 4.90 Å². The molecular formula is C16H16FNO2S. The van der Waals surface area contributed by atoms with Crippen LogP contribution in [0.4, 0.5) is 4.39 Å². The van der Waals surface area contributed by atoms with Crippen LogP contribution in [0.25, 0.3) is 0 Å². The molecular weight excluding hydrogens is 289 g/mol. The number of hydrogen-bond acceptors (Lipinski definition) is 3. The standard InChI is InChI=1S/C16H16FNO2S/c1-20-10-15(19)18-8-6-14-13(7-9-21-14)16(18)11-2-4-12(17)5-3-11/h2-5,7,9,16H,6,8,10H2,1H3. The molecule has 5 heteroatoms. The third kappa shape index (κ3) is 2.71. The van der Waals surface area contributed by atoms with Crippen molar-refractivity contribution < 1.29 is 13.9 Å². The highest BCUT2D eigenvalue weighted by Gasteiger charge is 2.32. The smallest absolute Gasteiger partial charge is 0.249 e. The number of rotatable bonds is 3. The molecule has 0 saturated carbocycles. The minimum absolute atomic E-state index is 0.0383. The molecule has 1 aliphatic rings. The Labute approximate surface area is 127 Å². The summed E-state index contributed by atoms with van der Waals surface area (Å²) in [5.41, 5.74) is 2.07. The van der Waals surface area contributed by atoms with Crippen LogP contribution in [0.5, 0.6) is 0 Å². The number of benzene rings is 1. The molecule has 1 atom stereocenters. The van der Waals surface area contributed by atoms with Crippen molar-refractivity contribution in [1.29, 1.82) is 0 Å². The maximum absolute atomic E-state index is 13.2. The van der Waals surface area contributed by atoms with Gasteiger partial charge in [0.15, 0.2) is 0 Å². The van der Waals surface area contributed by atoms with Gasteiger partial charge in [-0.3, -0.25) is 4.79 Å². The van der Waals surface area contributed by atoms with Crippen LogP contribution in [0.2, 0.25) is 0 Å². The SMILES string of the molecule is COCC(=O)N1CCc2sccc2C1c1ccc(F)cc1. The Morgan fingerprint density at radius 2 is 2.14 bits per heavy atom. The van der Waals surface area contributed by atoms with Crippen molar-refractivity contribution in [3.05, 3.63) is 57.5 Å². The summed E-state index contributed by atoms with van der Waals surface area (Å²) >= 11 is 1.71. The highest BCUT2D eigenvalue weighted by Crippen LogP contribution is 2.37. The maximum atomic E-state index is 13.2. The van der Waals surface area contributed by atoms with Crippen LogP contribution in [-0.2, 0) is 16.0 Å². The predicted molar refractivity (Wildman–Crippen MR) is 79.9 cm³/mol. The van der Waals surface area contributed by atoms with Crippen LogP contribution < -0.4 is 0 Å². The summed E-state index contributed by atoms with van der Waals surface area (Å²) in [6.07, 6.45) is 0.861. The number of ether oxygens (including phenoxy) is 1. The first-order valence-corrected chi connectivity index (χ1v) is 7.69. The van der Waals surface area contributed by atoms with Crippen LogP contribution >= 0.6 is 11.3 Å². The van der Waals surface area contributed by atoms with Crippen molar-refractivity contribution in [3.63, 3.8) is 0 Å². The van der Waals surface area contributed by atoms with Crippen molar-refractivity contribution in [3.8, 4) is 0 Å². The Balaban J connectivity index is 2.01. The zero-order valence-corrected chi connectivity index (χ0v) is 12.5. The van der Waals surface area contributed by atoms with E-state index in [1.807, 2.05) is 10.3 Å². The van der Waals surface area contributed by atoms with Gasteiger partial charge in [0.1, 0.15) is 12.4 Å². The third-order valence-corrected chi connectivity index (χ3v) is 4.74. The minimum Gasteiger partial charge on any atom is -0.375 e. The number of carbonyl (C=O) groups is 1. The lowest BCUT2D eigenvalue weighted by atomic mass is 9.93. The number of nitrogens with zero attached hydrogens (tertiary/aromatic N) is 1. The monoisotopic (exact) mass is 305 g/mol. The summed E-state index contributed by atoms with van der Waals surface area (Å²) in [6, 6.07) is 8.28. The van der Waals surface area contributed by atoms with Gasteiger partial charge in [-0.15, -0.1) is 11.3 Å². The number of fused-ring (bicyclic) bond motifs is 1. The Hall–Kier alpha value is -1.72. The van der Waals surface area contributed by atoms with Gasteiger partial charge in [-0.05, 0) is 41.1 Å². The van der Waals surface area contributed by atoms with Gasteiger partial charge in [-0.1, -0.05) is 12.1 Å². The molecule has 1 amide bonds. The fourth-order valence-corrected chi connectivity index (χ4v) is 3.70. The molecule has 2 aromatic rings. The zero-order chi connectivity index (χ0) is 14.8. The quantitative estimate of drug-likeness (QED) is 0.872. The average molecular weight is 305 g/mol. The topological polar surface area (TPSA) is 29.5 Å². The molecule has 0 spiro atoms. The summed E-state index contributed by atoms with van der Waals surface area (Å²) in [6.45, 7) is 0.731. The zero-order valence-electron chi connectivity index (χ0n) is 11.7. The normalized spacial score (nSPS) is 17.6. The predicted octanol–water partition coefficient (Wildman–Crippen LogP) is 3.01. The second-order valence-electron chi connectivity index (χ2n) is 5.02. The third-order valence-electron chi connectivity index (χ3n) is 3.74. The minimum atomic E-state index is -0.269. The number of thiophene rings is 1. The first-order valence-electron chi connectivity index (χ1n) is 6.81. The van der Waals surface area contributed by atoms with Crippen molar-refractivity contribution in [2.45, 2.75) is 12.5 Å². The molecule has 0 saturated heterocycles. The van der Waals surface area contributed by atoms with Gasteiger partial charge in [0.25, 0.3) is 0 Å². The highest BCUT2D eigenvalue weighted by molar-refractivity contribution is 7.10. The Kier molecular flexibility index (Phi) is 4.03. The molecule has 1 unspecified atom stereocenters. The Morgan fingerprint density at radius 3 is 2.86 bits per heavy atom. The van der Waals surface area contributed by atoms with E-state index in [1.54, 1.807) is 23.5 Å². The van der Waals surface area contributed by atoms with E-state index in [2.05, 4.69) is 6.07 Å². The van der Waals surface area contributed by atoms with Gasteiger partial charge in [-0.2, -0.15) is 0 Å². The molecule has 2 heterocycles. The first-order chi connectivity index (χ1) is 10.2. The molecule has 0 radical (unpaired) electrons. The summed E-state index contributed by atoms with van der Waals surface area (Å²) < 4.78 is 18.1. The van der Waals surface area contributed by atoms with Gasteiger partial charge in [0.05, 0.1) is 6.04 Å². The van der Waals surface area contributed by atoms with Gasteiger partial charge in [0.2, 0.25) is 5.91 Å². The average Bonchev–Trinajstić information content (AvgIpc) is 2.96. The number of amides is 1. The van der Waals surface area contributed by atoms with Crippen molar-refractivity contribution in [2.75, 3.05) is 20.3 Å². The van der Waals surface area contributed by atoms with Crippen LogP contribution in [0.1, 0.15) is 22.0 Å². The summed E-state index contributed by atoms with van der Waals surface area (Å²) in [5, 5.41) is 2.05. The summed E-state index contributed by atoms with van der Waals surface area (Å²) in [4.78, 5) is 15.4. The molecule has 1 aliphatic heterocycles. The highest BCUT2D eigenvalue weighted by atomic mass is 32.1. The fraction of sp³-hybridized carbons (Fsp3) is 0.312. The Bertz CT molecular complexity index is 638. The lowest BCUT2D eigenvalue weighted by Crippen LogP contribution is -2.41. The van der Waals surface area contributed by atoms with Crippen molar-refractivity contribution >= 4 is 17.2 Å². The molecule has 0 bridgehead atoms. The van der Waals surface area contributed by atoms with Gasteiger partial charge < -0.3 is 9.64 Å². The molecule has 1 aromatic carbocycles. The first kappa shape index (κ1) is 14.2.